The number of nitrogens with two attached hydrogens (primary N) is 1. The van der Waals surface area contributed by atoms with Gasteiger partial charge in [-0.1, -0.05) is 32.1 Å². The lowest BCUT2D eigenvalue weighted by molar-refractivity contribution is -0.111. The van der Waals surface area contributed by atoms with Gasteiger partial charge in [-0.2, -0.15) is 0 Å². The van der Waals surface area contributed by atoms with Gasteiger partial charge in [0.1, 0.15) is 6.29 Å². The van der Waals surface area contributed by atoms with Crippen LogP contribution in [-0.2, 0) is 4.79 Å². The molecule has 0 bridgehead atoms. The molecule has 0 unspecified atom stereocenters. The van der Waals surface area contributed by atoms with Crippen molar-refractivity contribution in [3.05, 3.63) is 0 Å². The Hall–Kier alpha value is -0.370. The van der Waals surface area contributed by atoms with Crippen molar-refractivity contribution in [2.24, 2.45) is 17.6 Å². The highest BCUT2D eigenvalue weighted by Gasteiger charge is 2.17. The Balaban J connectivity index is 2.22. The zero-order valence-corrected chi connectivity index (χ0v) is 7.67. The van der Waals surface area contributed by atoms with Crippen molar-refractivity contribution < 1.29 is 4.79 Å². The quantitative estimate of drug-likeness (QED) is 0.651. The molecule has 0 aromatic carbocycles. The van der Waals surface area contributed by atoms with Crippen LogP contribution in [0.1, 0.15) is 38.5 Å². The van der Waals surface area contributed by atoms with Crippen LogP contribution in [0, 0.1) is 11.8 Å². The van der Waals surface area contributed by atoms with Gasteiger partial charge in [0.25, 0.3) is 0 Å². The van der Waals surface area contributed by atoms with E-state index in [9.17, 15) is 4.79 Å². The molecule has 12 heavy (non-hydrogen) atoms. The maximum absolute atomic E-state index is 10.5. The largest absolute Gasteiger partial charge is 0.330 e. The van der Waals surface area contributed by atoms with Crippen molar-refractivity contribution in [2.75, 3.05) is 6.54 Å². The Labute approximate surface area is 74.5 Å². The van der Waals surface area contributed by atoms with Gasteiger partial charge in [0, 0.05) is 12.5 Å². The summed E-state index contributed by atoms with van der Waals surface area (Å²) in [6.45, 7) is 0.528. The lowest BCUT2D eigenvalue weighted by Crippen LogP contribution is -2.20. The fourth-order valence-electron chi connectivity index (χ4n) is 2.06. The third-order valence-corrected chi connectivity index (χ3v) is 2.86. The van der Waals surface area contributed by atoms with Gasteiger partial charge in [-0.3, -0.25) is 0 Å². The number of hydrogen-bond acceptors (Lipinski definition) is 2. The molecule has 1 rings (SSSR count). The Kier molecular flexibility index (Phi) is 4.30. The minimum atomic E-state index is 0.119. The van der Waals surface area contributed by atoms with E-state index in [1.54, 1.807) is 0 Å². The summed E-state index contributed by atoms with van der Waals surface area (Å²) in [7, 11) is 0. The van der Waals surface area contributed by atoms with Crippen molar-refractivity contribution in [3.63, 3.8) is 0 Å². The monoisotopic (exact) mass is 169 g/mol. The van der Waals surface area contributed by atoms with E-state index >= 15 is 0 Å². The van der Waals surface area contributed by atoms with Gasteiger partial charge >= 0.3 is 0 Å². The highest BCUT2D eigenvalue weighted by atomic mass is 16.1. The Morgan fingerprint density at radius 2 is 2.00 bits per heavy atom. The molecule has 2 nitrogen and oxygen atoms in total. The van der Waals surface area contributed by atoms with Gasteiger partial charge < -0.3 is 10.5 Å². The molecule has 0 heterocycles. The molecule has 2 N–H and O–H groups in total. The normalized spacial score (nSPS) is 22.1. The van der Waals surface area contributed by atoms with Gasteiger partial charge in [0.15, 0.2) is 0 Å². The first-order valence-electron chi connectivity index (χ1n) is 5.02. The first kappa shape index (κ1) is 9.72. The van der Waals surface area contributed by atoms with E-state index < -0.39 is 0 Å². The van der Waals surface area contributed by atoms with E-state index in [0.29, 0.717) is 6.54 Å². The summed E-state index contributed by atoms with van der Waals surface area (Å²) < 4.78 is 0. The van der Waals surface area contributed by atoms with Gasteiger partial charge in [-0.05, 0) is 12.3 Å². The van der Waals surface area contributed by atoms with E-state index in [-0.39, 0.29) is 5.92 Å². The average molecular weight is 169 g/mol. The van der Waals surface area contributed by atoms with Crippen LogP contribution >= 0.6 is 0 Å². The minimum Gasteiger partial charge on any atom is -0.330 e. The molecule has 0 saturated heterocycles. The van der Waals surface area contributed by atoms with Crippen LogP contribution in [0.15, 0.2) is 0 Å². The topological polar surface area (TPSA) is 43.1 Å². The number of carbonyl (C=O) groups excluding carboxylic acids is 1. The SMILES string of the molecule is NC[C@@H](C=O)CC1CCCCC1. The Morgan fingerprint density at radius 1 is 1.33 bits per heavy atom. The van der Waals surface area contributed by atoms with Crippen molar-refractivity contribution in [1.82, 2.24) is 0 Å². The second kappa shape index (κ2) is 5.31. The second-order valence-electron chi connectivity index (χ2n) is 3.87. The zero-order chi connectivity index (χ0) is 8.81. The molecule has 0 aromatic heterocycles. The van der Waals surface area contributed by atoms with Crippen molar-refractivity contribution >= 4 is 6.29 Å². The predicted octanol–water partition coefficient (Wildman–Crippen LogP) is 1.73. The lowest BCUT2D eigenvalue weighted by atomic mass is 9.83. The van der Waals surface area contributed by atoms with Gasteiger partial charge in [0.2, 0.25) is 0 Å². The first-order chi connectivity index (χ1) is 5.86. The molecule has 1 aliphatic carbocycles. The Morgan fingerprint density at radius 3 is 2.50 bits per heavy atom. The van der Waals surface area contributed by atoms with Crippen LogP contribution in [0.5, 0.6) is 0 Å². The van der Waals surface area contributed by atoms with Crippen LogP contribution in [0.25, 0.3) is 0 Å². The average Bonchev–Trinajstić information content (AvgIpc) is 2.16. The molecule has 1 saturated carbocycles. The fraction of sp³-hybridized carbons (Fsp3) is 0.900. The molecule has 0 aliphatic heterocycles. The zero-order valence-electron chi connectivity index (χ0n) is 7.67. The number of carbonyl (C=O) groups is 1. The molecule has 0 spiro atoms. The third kappa shape index (κ3) is 2.94. The van der Waals surface area contributed by atoms with Crippen molar-refractivity contribution in [1.29, 1.82) is 0 Å². The van der Waals surface area contributed by atoms with Crippen LogP contribution in [0.3, 0.4) is 0 Å². The summed E-state index contributed by atoms with van der Waals surface area (Å²) in [6.07, 6.45) is 8.75. The smallest absolute Gasteiger partial charge is 0.124 e. The standard InChI is InChI=1S/C10H19NO/c11-7-10(8-12)6-9-4-2-1-3-5-9/h8-10H,1-7,11H2/t10-/m0/s1. The molecule has 1 atom stereocenters. The molecular weight excluding hydrogens is 150 g/mol. The summed E-state index contributed by atoms with van der Waals surface area (Å²) in [6, 6.07) is 0. The highest BCUT2D eigenvalue weighted by Crippen LogP contribution is 2.28. The second-order valence-corrected chi connectivity index (χ2v) is 3.87. The van der Waals surface area contributed by atoms with Gasteiger partial charge in [-0.25, -0.2) is 0 Å². The summed E-state index contributed by atoms with van der Waals surface area (Å²) in [4.78, 5) is 10.5. The number of rotatable bonds is 4. The molecule has 2 heteroatoms. The Bertz CT molecular complexity index is 130. The summed E-state index contributed by atoms with van der Waals surface area (Å²) in [5.41, 5.74) is 5.47. The minimum absolute atomic E-state index is 0.119. The van der Waals surface area contributed by atoms with Gasteiger partial charge in [-0.15, -0.1) is 0 Å². The summed E-state index contributed by atoms with van der Waals surface area (Å²) in [5.74, 6) is 0.894. The molecule has 0 aromatic rings. The maximum atomic E-state index is 10.5. The maximum Gasteiger partial charge on any atom is 0.124 e. The van der Waals surface area contributed by atoms with E-state index in [2.05, 4.69) is 0 Å². The van der Waals surface area contributed by atoms with Crippen LogP contribution < -0.4 is 5.73 Å². The van der Waals surface area contributed by atoms with E-state index in [1.807, 2.05) is 0 Å². The van der Waals surface area contributed by atoms with Crippen LogP contribution in [0.4, 0.5) is 0 Å². The molecule has 0 radical (unpaired) electrons. The van der Waals surface area contributed by atoms with Crippen LogP contribution in [0.2, 0.25) is 0 Å². The third-order valence-electron chi connectivity index (χ3n) is 2.86. The molecule has 70 valence electrons. The van der Waals surface area contributed by atoms with Gasteiger partial charge in [0.05, 0.1) is 0 Å². The molecule has 0 amide bonds. The molecular formula is C10H19NO. The van der Waals surface area contributed by atoms with Crippen molar-refractivity contribution in [2.45, 2.75) is 38.5 Å². The molecule has 1 aliphatic rings. The number of aldehydes is 1. The summed E-state index contributed by atoms with van der Waals surface area (Å²) >= 11 is 0. The highest BCUT2D eigenvalue weighted by molar-refractivity contribution is 5.53. The number of hydrogen-bond donors (Lipinski definition) is 1. The predicted molar refractivity (Wildman–Crippen MR) is 49.8 cm³/mol. The van der Waals surface area contributed by atoms with E-state index in [4.69, 9.17) is 5.73 Å². The molecule has 1 fully saturated rings. The van der Waals surface area contributed by atoms with Crippen LogP contribution in [-0.4, -0.2) is 12.8 Å². The first-order valence-corrected chi connectivity index (χ1v) is 5.02. The summed E-state index contributed by atoms with van der Waals surface area (Å²) in [5, 5.41) is 0. The van der Waals surface area contributed by atoms with E-state index in [1.165, 1.54) is 32.1 Å². The van der Waals surface area contributed by atoms with Crippen molar-refractivity contribution in [3.8, 4) is 0 Å². The van der Waals surface area contributed by atoms with E-state index in [0.717, 1.165) is 18.6 Å². The fourth-order valence-corrected chi connectivity index (χ4v) is 2.06. The lowest BCUT2D eigenvalue weighted by Gasteiger charge is -2.23.